The summed E-state index contributed by atoms with van der Waals surface area (Å²) in [6, 6.07) is 0. The first kappa shape index (κ1) is 7.73. The lowest BCUT2D eigenvalue weighted by atomic mass is 10.1. The molecule has 0 aromatic heterocycles. The minimum atomic E-state index is 0.957. The molecule has 0 N–H and O–H groups in total. The van der Waals surface area contributed by atoms with Crippen molar-refractivity contribution in [2.24, 2.45) is 4.99 Å². The normalized spacial score (nSPS) is 21.2. The molecule has 1 saturated heterocycles. The summed E-state index contributed by atoms with van der Waals surface area (Å²) in [6.45, 7) is 5.45. The lowest BCUT2D eigenvalue weighted by molar-refractivity contribution is 0.336. The van der Waals surface area contributed by atoms with E-state index in [1.165, 1.54) is 31.6 Å². The van der Waals surface area contributed by atoms with Gasteiger partial charge in [0, 0.05) is 25.3 Å². The Bertz CT molecular complexity index is 119. The second kappa shape index (κ2) is 3.71. The van der Waals surface area contributed by atoms with Gasteiger partial charge in [0.25, 0.3) is 0 Å². The molecule has 1 fully saturated rings. The molecule has 0 bridgehead atoms. The highest BCUT2D eigenvalue weighted by Gasteiger charge is 2.09. The Morgan fingerprint density at radius 1 is 1.40 bits per heavy atom. The van der Waals surface area contributed by atoms with Crippen molar-refractivity contribution in [3.05, 3.63) is 0 Å². The fourth-order valence-electron chi connectivity index (χ4n) is 1.26. The van der Waals surface area contributed by atoms with Crippen LogP contribution in [0.1, 0.15) is 19.8 Å². The van der Waals surface area contributed by atoms with Gasteiger partial charge in [0.2, 0.25) is 0 Å². The zero-order valence-corrected chi connectivity index (χ0v) is 6.93. The van der Waals surface area contributed by atoms with Crippen LogP contribution in [0.4, 0.5) is 0 Å². The maximum absolute atomic E-state index is 4.41. The van der Waals surface area contributed by atoms with Crippen LogP contribution in [-0.2, 0) is 0 Å². The highest BCUT2D eigenvalue weighted by molar-refractivity contribution is 5.85. The van der Waals surface area contributed by atoms with Gasteiger partial charge in [-0.3, -0.25) is 4.99 Å². The number of hydrogen-bond acceptors (Lipinski definition) is 2. The molecule has 0 saturated carbocycles. The highest BCUT2D eigenvalue weighted by Crippen LogP contribution is 2.04. The van der Waals surface area contributed by atoms with E-state index in [9.17, 15) is 0 Å². The van der Waals surface area contributed by atoms with E-state index in [0.29, 0.717) is 0 Å². The third kappa shape index (κ3) is 2.10. The van der Waals surface area contributed by atoms with Crippen molar-refractivity contribution in [1.82, 2.24) is 4.90 Å². The van der Waals surface area contributed by atoms with Gasteiger partial charge < -0.3 is 4.90 Å². The Morgan fingerprint density at radius 3 is 2.50 bits per heavy atom. The average Bonchev–Trinajstić information content (AvgIpc) is 1.95. The van der Waals surface area contributed by atoms with E-state index in [0.717, 1.165) is 6.54 Å². The lowest BCUT2D eigenvalue weighted by Crippen LogP contribution is -2.30. The van der Waals surface area contributed by atoms with Crippen molar-refractivity contribution in [3.8, 4) is 0 Å². The van der Waals surface area contributed by atoms with Crippen molar-refractivity contribution in [3.63, 3.8) is 0 Å². The van der Waals surface area contributed by atoms with Gasteiger partial charge in [0.15, 0.2) is 0 Å². The van der Waals surface area contributed by atoms with Crippen molar-refractivity contribution in [1.29, 1.82) is 0 Å². The second-order valence-corrected chi connectivity index (χ2v) is 2.84. The van der Waals surface area contributed by atoms with E-state index in [2.05, 4.69) is 23.9 Å². The molecule has 0 aromatic rings. The van der Waals surface area contributed by atoms with E-state index in [4.69, 9.17) is 0 Å². The van der Waals surface area contributed by atoms with Crippen molar-refractivity contribution < 1.29 is 0 Å². The number of likely N-dealkylation sites (tertiary alicyclic amines) is 1. The van der Waals surface area contributed by atoms with Crippen LogP contribution in [-0.4, -0.2) is 37.3 Å². The summed E-state index contributed by atoms with van der Waals surface area (Å²) in [6.07, 6.45) is 2.37. The zero-order chi connectivity index (χ0) is 7.40. The van der Waals surface area contributed by atoms with E-state index in [1.807, 2.05) is 0 Å². The van der Waals surface area contributed by atoms with Crippen LogP contribution in [0.15, 0.2) is 4.99 Å². The number of nitrogens with zero attached hydrogens (tertiary/aromatic N) is 2. The monoisotopic (exact) mass is 140 g/mol. The minimum Gasteiger partial charge on any atom is -0.306 e. The molecule has 1 aliphatic heterocycles. The predicted molar refractivity (Wildman–Crippen MR) is 44.7 cm³/mol. The Labute approximate surface area is 62.9 Å². The Kier molecular flexibility index (Phi) is 2.87. The summed E-state index contributed by atoms with van der Waals surface area (Å²) in [7, 11) is 2.17. The molecule has 0 aromatic carbocycles. The van der Waals surface area contributed by atoms with Crippen LogP contribution in [0.2, 0.25) is 0 Å². The standard InChI is InChI=1S/C8H16N2/c1-3-9-8-4-6-10(2)7-5-8/h3-7H2,1-2H3. The summed E-state index contributed by atoms with van der Waals surface area (Å²) in [5, 5.41) is 0. The van der Waals surface area contributed by atoms with Gasteiger partial charge in [0.1, 0.15) is 0 Å². The second-order valence-electron chi connectivity index (χ2n) is 2.84. The summed E-state index contributed by atoms with van der Waals surface area (Å²) in [5.74, 6) is 0. The molecule has 0 spiro atoms. The summed E-state index contributed by atoms with van der Waals surface area (Å²) >= 11 is 0. The number of hydrogen-bond donors (Lipinski definition) is 0. The molecular formula is C8H16N2. The topological polar surface area (TPSA) is 15.6 Å². The van der Waals surface area contributed by atoms with Gasteiger partial charge in [-0.25, -0.2) is 0 Å². The highest BCUT2D eigenvalue weighted by atomic mass is 15.1. The summed E-state index contributed by atoms with van der Waals surface area (Å²) in [4.78, 5) is 6.76. The molecule has 58 valence electrons. The smallest absolute Gasteiger partial charge is 0.0360 e. The predicted octanol–water partition coefficient (Wildman–Crippen LogP) is 1.17. The van der Waals surface area contributed by atoms with Crippen LogP contribution >= 0.6 is 0 Å². The molecular weight excluding hydrogens is 124 g/mol. The fourth-order valence-corrected chi connectivity index (χ4v) is 1.26. The first-order chi connectivity index (χ1) is 4.83. The average molecular weight is 140 g/mol. The van der Waals surface area contributed by atoms with Gasteiger partial charge >= 0.3 is 0 Å². The summed E-state index contributed by atoms with van der Waals surface area (Å²) < 4.78 is 0. The third-order valence-corrected chi connectivity index (χ3v) is 1.95. The molecule has 1 rings (SSSR count). The molecule has 2 nitrogen and oxygen atoms in total. The summed E-state index contributed by atoms with van der Waals surface area (Å²) in [5.41, 5.74) is 1.42. The maximum Gasteiger partial charge on any atom is 0.0360 e. The van der Waals surface area contributed by atoms with Crippen LogP contribution in [0, 0.1) is 0 Å². The SMILES string of the molecule is CCN=C1CCN(C)CC1. The fraction of sp³-hybridized carbons (Fsp3) is 0.875. The van der Waals surface area contributed by atoms with E-state index < -0.39 is 0 Å². The molecule has 0 amide bonds. The molecule has 2 heteroatoms. The van der Waals surface area contributed by atoms with Crippen LogP contribution in [0.3, 0.4) is 0 Å². The molecule has 0 atom stereocenters. The van der Waals surface area contributed by atoms with Gasteiger partial charge in [-0.05, 0) is 26.8 Å². The van der Waals surface area contributed by atoms with E-state index in [-0.39, 0.29) is 0 Å². The van der Waals surface area contributed by atoms with Crippen LogP contribution < -0.4 is 0 Å². The van der Waals surface area contributed by atoms with E-state index >= 15 is 0 Å². The third-order valence-electron chi connectivity index (χ3n) is 1.95. The Morgan fingerprint density at radius 2 is 2.00 bits per heavy atom. The van der Waals surface area contributed by atoms with Gasteiger partial charge in [-0.15, -0.1) is 0 Å². The number of rotatable bonds is 1. The Hall–Kier alpha value is -0.370. The molecule has 1 aliphatic rings. The van der Waals surface area contributed by atoms with E-state index in [1.54, 1.807) is 0 Å². The van der Waals surface area contributed by atoms with Gasteiger partial charge in [-0.2, -0.15) is 0 Å². The number of aliphatic imine (C=N–C) groups is 1. The molecule has 1 heterocycles. The molecule has 0 unspecified atom stereocenters. The zero-order valence-electron chi connectivity index (χ0n) is 6.93. The minimum absolute atomic E-state index is 0.957. The van der Waals surface area contributed by atoms with Crippen LogP contribution in [0.25, 0.3) is 0 Å². The molecule has 0 radical (unpaired) electrons. The molecule has 10 heavy (non-hydrogen) atoms. The van der Waals surface area contributed by atoms with Gasteiger partial charge in [0.05, 0.1) is 0 Å². The Balaban J connectivity index is 2.32. The first-order valence-electron chi connectivity index (χ1n) is 4.03. The quantitative estimate of drug-likeness (QED) is 0.534. The maximum atomic E-state index is 4.41. The lowest BCUT2D eigenvalue weighted by Gasteiger charge is -2.22. The number of piperidine rings is 1. The molecule has 0 aliphatic carbocycles. The van der Waals surface area contributed by atoms with Crippen molar-refractivity contribution >= 4 is 5.71 Å². The van der Waals surface area contributed by atoms with Crippen LogP contribution in [0.5, 0.6) is 0 Å². The van der Waals surface area contributed by atoms with Crippen molar-refractivity contribution in [2.45, 2.75) is 19.8 Å². The van der Waals surface area contributed by atoms with Crippen molar-refractivity contribution in [2.75, 3.05) is 26.7 Å². The largest absolute Gasteiger partial charge is 0.306 e. The van der Waals surface area contributed by atoms with Gasteiger partial charge in [-0.1, -0.05) is 0 Å². The first-order valence-corrected chi connectivity index (χ1v) is 4.03.